The van der Waals surface area contributed by atoms with Gasteiger partial charge < -0.3 is 25.2 Å². The maximum atomic E-state index is 12.1. The van der Waals surface area contributed by atoms with E-state index in [1.165, 1.54) is 7.11 Å². The first kappa shape index (κ1) is 22.2. The lowest BCUT2D eigenvalue weighted by atomic mass is 10.1. The van der Waals surface area contributed by atoms with Gasteiger partial charge in [-0.2, -0.15) is 0 Å². The second kappa shape index (κ2) is 10.4. The lowest BCUT2D eigenvalue weighted by molar-refractivity contribution is -0.144. The number of methoxy groups -OCH3 is 1. The van der Waals surface area contributed by atoms with Gasteiger partial charge in [0, 0.05) is 17.6 Å². The average Bonchev–Trinajstić information content (AvgIpc) is 2.55. The molecule has 0 spiro atoms. The van der Waals surface area contributed by atoms with Crippen molar-refractivity contribution in [2.24, 2.45) is 0 Å². The van der Waals surface area contributed by atoms with Crippen LogP contribution in [-0.4, -0.2) is 55.1 Å². The minimum atomic E-state index is -0.867. The van der Waals surface area contributed by atoms with Crippen LogP contribution in [0.15, 0.2) is 24.3 Å². The fourth-order valence-corrected chi connectivity index (χ4v) is 2.33. The number of rotatable bonds is 8. The van der Waals surface area contributed by atoms with Gasteiger partial charge in [-0.25, -0.2) is 4.79 Å². The van der Waals surface area contributed by atoms with Gasteiger partial charge in [-0.1, -0.05) is 23.7 Å². The highest BCUT2D eigenvalue weighted by molar-refractivity contribution is 6.30. The van der Waals surface area contributed by atoms with Gasteiger partial charge in [-0.15, -0.1) is 0 Å². The van der Waals surface area contributed by atoms with E-state index in [1.54, 1.807) is 32.9 Å². The Hall–Kier alpha value is -1.83. The van der Waals surface area contributed by atoms with E-state index in [9.17, 15) is 14.7 Å². The zero-order chi connectivity index (χ0) is 19.7. The molecular formula is C18H27ClN2O5. The molecule has 0 saturated heterocycles. The van der Waals surface area contributed by atoms with Crippen LogP contribution >= 0.6 is 11.6 Å². The third-order valence-corrected chi connectivity index (χ3v) is 3.65. The number of hydrogen-bond donors (Lipinski definition) is 3. The van der Waals surface area contributed by atoms with Crippen molar-refractivity contribution in [2.75, 3.05) is 20.3 Å². The molecular weight excluding hydrogens is 360 g/mol. The van der Waals surface area contributed by atoms with Crippen LogP contribution in [0.3, 0.4) is 0 Å². The van der Waals surface area contributed by atoms with Crippen molar-refractivity contribution in [1.82, 2.24) is 10.6 Å². The molecule has 0 fully saturated rings. The minimum absolute atomic E-state index is 0.238. The standard InChI is InChI=1S/C18H27ClN2O5/c1-18(2,3)26-17(24)21-14(9-12-5-7-13(19)8-6-12)10-20-15(11-22)16(23)25-4/h5-8,14-15,20,22H,9-11H2,1-4H3,(H,21,24)/t14-,15-/m0/s1. The molecule has 0 aliphatic rings. The molecule has 0 radical (unpaired) electrons. The van der Waals surface area contributed by atoms with E-state index >= 15 is 0 Å². The van der Waals surface area contributed by atoms with Crippen molar-refractivity contribution in [3.05, 3.63) is 34.9 Å². The van der Waals surface area contributed by atoms with Crippen LogP contribution in [-0.2, 0) is 20.7 Å². The third kappa shape index (κ3) is 8.51. The number of halogens is 1. The SMILES string of the molecule is COC(=O)[C@H](CO)NC[C@H](Cc1ccc(Cl)cc1)NC(=O)OC(C)(C)C. The van der Waals surface area contributed by atoms with Gasteiger partial charge in [0.2, 0.25) is 0 Å². The summed E-state index contributed by atoms with van der Waals surface area (Å²) in [5.41, 5.74) is 0.331. The molecule has 0 saturated carbocycles. The Balaban J connectivity index is 2.78. The van der Waals surface area contributed by atoms with Crippen molar-refractivity contribution >= 4 is 23.7 Å². The molecule has 0 bridgehead atoms. The molecule has 0 aliphatic carbocycles. The zero-order valence-corrected chi connectivity index (χ0v) is 16.3. The molecule has 1 amide bonds. The largest absolute Gasteiger partial charge is 0.468 e. The molecule has 8 heteroatoms. The van der Waals surface area contributed by atoms with Crippen LogP contribution < -0.4 is 10.6 Å². The monoisotopic (exact) mass is 386 g/mol. The number of ether oxygens (including phenoxy) is 2. The third-order valence-electron chi connectivity index (χ3n) is 3.40. The van der Waals surface area contributed by atoms with Crippen LogP contribution in [0.5, 0.6) is 0 Å². The topological polar surface area (TPSA) is 96.9 Å². The van der Waals surface area contributed by atoms with Crippen molar-refractivity contribution in [2.45, 2.75) is 44.9 Å². The van der Waals surface area contributed by atoms with Gasteiger partial charge in [-0.05, 0) is 44.9 Å². The van der Waals surface area contributed by atoms with E-state index < -0.39 is 30.3 Å². The molecule has 3 N–H and O–H groups in total. The summed E-state index contributed by atoms with van der Waals surface area (Å²) in [6, 6.07) is 6.00. The molecule has 1 aromatic carbocycles. The molecule has 1 aromatic rings. The predicted molar refractivity (Wildman–Crippen MR) is 99.2 cm³/mol. The Morgan fingerprint density at radius 3 is 2.35 bits per heavy atom. The van der Waals surface area contributed by atoms with Crippen molar-refractivity contribution in [3.63, 3.8) is 0 Å². The molecule has 0 aromatic heterocycles. The van der Waals surface area contributed by atoms with Crippen molar-refractivity contribution in [1.29, 1.82) is 0 Å². The number of esters is 1. The number of benzene rings is 1. The molecule has 2 atom stereocenters. The zero-order valence-electron chi connectivity index (χ0n) is 15.5. The van der Waals surface area contributed by atoms with E-state index in [1.807, 2.05) is 12.1 Å². The van der Waals surface area contributed by atoms with Crippen LogP contribution in [0.4, 0.5) is 4.79 Å². The van der Waals surface area contributed by atoms with Crippen LogP contribution in [0.25, 0.3) is 0 Å². The molecule has 1 rings (SSSR count). The first-order valence-electron chi connectivity index (χ1n) is 8.30. The quantitative estimate of drug-likeness (QED) is 0.590. The van der Waals surface area contributed by atoms with Crippen LogP contribution in [0.1, 0.15) is 26.3 Å². The Morgan fingerprint density at radius 1 is 1.23 bits per heavy atom. The van der Waals surface area contributed by atoms with E-state index in [-0.39, 0.29) is 12.6 Å². The highest BCUT2D eigenvalue weighted by Crippen LogP contribution is 2.12. The van der Waals surface area contributed by atoms with Gasteiger partial charge in [0.05, 0.1) is 13.7 Å². The second-order valence-electron chi connectivity index (χ2n) is 6.84. The van der Waals surface area contributed by atoms with Crippen LogP contribution in [0, 0.1) is 0 Å². The van der Waals surface area contributed by atoms with Gasteiger partial charge in [0.15, 0.2) is 0 Å². The Bertz CT molecular complexity index is 586. The van der Waals surface area contributed by atoms with Gasteiger partial charge in [0.1, 0.15) is 11.6 Å². The molecule has 26 heavy (non-hydrogen) atoms. The fourth-order valence-electron chi connectivity index (χ4n) is 2.20. The number of aliphatic hydroxyl groups excluding tert-OH is 1. The number of carbonyl (C=O) groups is 2. The van der Waals surface area contributed by atoms with Gasteiger partial charge >= 0.3 is 12.1 Å². The first-order chi connectivity index (χ1) is 12.1. The Labute approximate surface area is 159 Å². The summed E-state index contributed by atoms with van der Waals surface area (Å²) in [6.45, 7) is 5.16. The number of amides is 1. The smallest absolute Gasteiger partial charge is 0.407 e. The number of alkyl carbamates (subject to hydrolysis) is 1. The lowest BCUT2D eigenvalue weighted by Crippen LogP contribution is -2.50. The summed E-state index contributed by atoms with van der Waals surface area (Å²) in [7, 11) is 1.25. The highest BCUT2D eigenvalue weighted by atomic mass is 35.5. The van der Waals surface area contributed by atoms with Crippen molar-refractivity contribution < 1.29 is 24.2 Å². The predicted octanol–water partition coefficient (Wildman–Crippen LogP) is 1.90. The molecule has 0 heterocycles. The van der Waals surface area contributed by atoms with E-state index in [0.29, 0.717) is 11.4 Å². The van der Waals surface area contributed by atoms with Gasteiger partial charge in [0.25, 0.3) is 0 Å². The number of carbonyl (C=O) groups excluding carboxylic acids is 2. The van der Waals surface area contributed by atoms with Crippen LogP contribution in [0.2, 0.25) is 5.02 Å². The van der Waals surface area contributed by atoms with Gasteiger partial charge in [-0.3, -0.25) is 4.79 Å². The summed E-state index contributed by atoms with van der Waals surface area (Å²) in [4.78, 5) is 23.7. The highest BCUT2D eigenvalue weighted by Gasteiger charge is 2.23. The van der Waals surface area contributed by atoms with Crippen molar-refractivity contribution in [3.8, 4) is 0 Å². The fraction of sp³-hybridized carbons (Fsp3) is 0.556. The summed E-state index contributed by atoms with van der Waals surface area (Å²) >= 11 is 5.90. The number of aliphatic hydroxyl groups is 1. The lowest BCUT2D eigenvalue weighted by Gasteiger charge is -2.25. The number of hydrogen-bond acceptors (Lipinski definition) is 6. The minimum Gasteiger partial charge on any atom is -0.468 e. The first-order valence-corrected chi connectivity index (χ1v) is 8.68. The average molecular weight is 387 g/mol. The second-order valence-corrected chi connectivity index (χ2v) is 7.28. The summed E-state index contributed by atoms with van der Waals surface area (Å²) in [5, 5.41) is 15.6. The Morgan fingerprint density at radius 2 is 1.85 bits per heavy atom. The maximum absolute atomic E-state index is 12.1. The molecule has 0 aliphatic heterocycles. The number of nitrogens with one attached hydrogen (secondary N) is 2. The maximum Gasteiger partial charge on any atom is 0.407 e. The van der Waals surface area contributed by atoms with E-state index in [4.69, 9.17) is 16.3 Å². The normalized spacial score (nSPS) is 13.6. The molecule has 0 unspecified atom stereocenters. The van der Waals surface area contributed by atoms with E-state index in [0.717, 1.165) is 5.56 Å². The summed E-state index contributed by atoms with van der Waals surface area (Å²) in [5.74, 6) is -0.574. The van der Waals surface area contributed by atoms with E-state index in [2.05, 4.69) is 15.4 Å². The summed E-state index contributed by atoms with van der Waals surface area (Å²) < 4.78 is 9.91. The Kier molecular flexibility index (Phi) is 8.84. The summed E-state index contributed by atoms with van der Waals surface area (Å²) in [6.07, 6.45) is -0.0696. The molecule has 7 nitrogen and oxygen atoms in total. The molecule has 146 valence electrons.